The predicted octanol–water partition coefficient (Wildman–Crippen LogP) is 2.05. The molecule has 0 saturated heterocycles. The molecule has 1 atom stereocenters. The molecule has 0 amide bonds. The van der Waals surface area contributed by atoms with Crippen molar-refractivity contribution < 1.29 is 5.11 Å². The molecule has 0 fully saturated rings. The molecule has 4 heteroatoms. The smallest absolute Gasteiger partial charge is 0.0912 e. The molecular formula is C9H12ClNOS. The molecule has 0 saturated carbocycles. The fraction of sp³-hybridized carbons (Fsp3) is 0.333. The van der Waals surface area contributed by atoms with Gasteiger partial charge in [-0.3, -0.25) is 0 Å². The molecule has 72 valence electrons. The van der Waals surface area contributed by atoms with Crippen molar-refractivity contribution in [2.45, 2.75) is 11.0 Å². The Balaban J connectivity index is 2.95. The Morgan fingerprint density at radius 1 is 1.62 bits per heavy atom. The summed E-state index contributed by atoms with van der Waals surface area (Å²) in [6.45, 7) is 0.217. The van der Waals surface area contributed by atoms with Gasteiger partial charge in [0, 0.05) is 11.4 Å². The van der Waals surface area contributed by atoms with Gasteiger partial charge in [-0.1, -0.05) is 17.7 Å². The summed E-state index contributed by atoms with van der Waals surface area (Å²) in [7, 11) is 0. The Labute approximate surface area is 87.1 Å². The van der Waals surface area contributed by atoms with Gasteiger partial charge in [-0.05, 0) is 24.0 Å². The van der Waals surface area contributed by atoms with Crippen molar-refractivity contribution in [3.8, 4) is 0 Å². The first kappa shape index (κ1) is 10.9. The summed E-state index contributed by atoms with van der Waals surface area (Å²) in [5.74, 6) is 0. The Morgan fingerprint density at radius 2 is 2.31 bits per heavy atom. The molecule has 0 heterocycles. The number of rotatable bonds is 3. The second-order valence-electron chi connectivity index (χ2n) is 2.65. The van der Waals surface area contributed by atoms with E-state index < -0.39 is 6.10 Å². The minimum Gasteiger partial charge on any atom is -0.387 e. The maximum atomic E-state index is 9.43. The number of aliphatic hydroxyl groups is 1. The maximum absolute atomic E-state index is 9.43. The van der Waals surface area contributed by atoms with E-state index in [-0.39, 0.29) is 6.54 Å². The fourth-order valence-corrected chi connectivity index (χ4v) is 1.90. The summed E-state index contributed by atoms with van der Waals surface area (Å²) in [5, 5.41) is 10.1. The van der Waals surface area contributed by atoms with Crippen LogP contribution in [-0.4, -0.2) is 17.9 Å². The predicted molar refractivity (Wildman–Crippen MR) is 57.2 cm³/mol. The normalized spacial score (nSPS) is 12.9. The molecular weight excluding hydrogens is 206 g/mol. The van der Waals surface area contributed by atoms with E-state index in [1.54, 1.807) is 17.8 Å². The number of aliphatic hydroxyl groups excluding tert-OH is 1. The zero-order valence-electron chi connectivity index (χ0n) is 7.33. The molecule has 2 nitrogen and oxygen atoms in total. The van der Waals surface area contributed by atoms with E-state index in [9.17, 15) is 5.11 Å². The highest BCUT2D eigenvalue weighted by Crippen LogP contribution is 2.27. The molecule has 0 spiro atoms. The Kier molecular flexibility index (Phi) is 4.06. The van der Waals surface area contributed by atoms with Crippen molar-refractivity contribution in [3.05, 3.63) is 28.8 Å². The van der Waals surface area contributed by atoms with E-state index >= 15 is 0 Å². The van der Waals surface area contributed by atoms with E-state index in [0.717, 1.165) is 10.5 Å². The molecule has 1 rings (SSSR count). The lowest BCUT2D eigenvalue weighted by Gasteiger charge is -2.09. The zero-order valence-corrected chi connectivity index (χ0v) is 8.90. The minimum absolute atomic E-state index is 0.217. The molecule has 1 aromatic carbocycles. The number of thioether (sulfide) groups is 1. The van der Waals surface area contributed by atoms with Crippen molar-refractivity contribution >= 4 is 23.4 Å². The van der Waals surface area contributed by atoms with Gasteiger partial charge >= 0.3 is 0 Å². The van der Waals surface area contributed by atoms with Gasteiger partial charge in [-0.15, -0.1) is 11.8 Å². The van der Waals surface area contributed by atoms with Crippen LogP contribution in [0.3, 0.4) is 0 Å². The highest BCUT2D eigenvalue weighted by atomic mass is 35.5. The van der Waals surface area contributed by atoms with Crippen molar-refractivity contribution in [2.75, 3.05) is 12.8 Å². The first-order valence-electron chi connectivity index (χ1n) is 3.90. The highest BCUT2D eigenvalue weighted by Gasteiger charge is 2.07. The van der Waals surface area contributed by atoms with Crippen LogP contribution in [0.4, 0.5) is 0 Å². The number of halogens is 1. The molecule has 1 aromatic rings. The number of hydrogen-bond acceptors (Lipinski definition) is 3. The van der Waals surface area contributed by atoms with E-state index in [2.05, 4.69) is 0 Å². The van der Waals surface area contributed by atoms with E-state index in [1.165, 1.54) is 0 Å². The van der Waals surface area contributed by atoms with Crippen LogP contribution in [0, 0.1) is 0 Å². The molecule has 0 bridgehead atoms. The third-order valence-electron chi connectivity index (χ3n) is 1.78. The van der Waals surface area contributed by atoms with Gasteiger partial charge < -0.3 is 10.8 Å². The van der Waals surface area contributed by atoms with Crippen LogP contribution in [0.15, 0.2) is 23.1 Å². The van der Waals surface area contributed by atoms with Crippen molar-refractivity contribution in [3.63, 3.8) is 0 Å². The lowest BCUT2D eigenvalue weighted by Crippen LogP contribution is -2.11. The van der Waals surface area contributed by atoms with Gasteiger partial charge in [0.15, 0.2) is 0 Å². The molecule has 0 aliphatic carbocycles. The molecule has 0 aliphatic rings. The summed E-state index contributed by atoms with van der Waals surface area (Å²) in [4.78, 5) is 1.01. The van der Waals surface area contributed by atoms with Crippen molar-refractivity contribution in [2.24, 2.45) is 5.73 Å². The summed E-state index contributed by atoms with van der Waals surface area (Å²) in [5.41, 5.74) is 6.10. The van der Waals surface area contributed by atoms with Crippen LogP contribution in [0.25, 0.3) is 0 Å². The monoisotopic (exact) mass is 217 g/mol. The quantitative estimate of drug-likeness (QED) is 0.762. The third-order valence-corrected chi connectivity index (χ3v) is 3.00. The van der Waals surface area contributed by atoms with Crippen molar-refractivity contribution in [1.82, 2.24) is 0 Å². The van der Waals surface area contributed by atoms with Gasteiger partial charge in [-0.25, -0.2) is 0 Å². The topological polar surface area (TPSA) is 46.2 Å². The molecule has 13 heavy (non-hydrogen) atoms. The van der Waals surface area contributed by atoms with Gasteiger partial charge in [0.25, 0.3) is 0 Å². The largest absolute Gasteiger partial charge is 0.387 e. The lowest BCUT2D eigenvalue weighted by molar-refractivity contribution is 0.186. The number of benzene rings is 1. The average Bonchev–Trinajstić information content (AvgIpc) is 2.16. The molecule has 3 N–H and O–H groups in total. The summed E-state index contributed by atoms with van der Waals surface area (Å²) < 4.78 is 0. The fourth-order valence-electron chi connectivity index (χ4n) is 1.03. The minimum atomic E-state index is -0.617. The molecule has 0 aliphatic heterocycles. The van der Waals surface area contributed by atoms with Crippen molar-refractivity contribution in [1.29, 1.82) is 0 Å². The highest BCUT2D eigenvalue weighted by molar-refractivity contribution is 7.98. The summed E-state index contributed by atoms with van der Waals surface area (Å²) >= 11 is 7.54. The van der Waals surface area contributed by atoms with Crippen LogP contribution in [-0.2, 0) is 0 Å². The Hall–Kier alpha value is -0.220. The average molecular weight is 218 g/mol. The van der Waals surface area contributed by atoms with Crippen LogP contribution < -0.4 is 5.73 Å². The summed E-state index contributed by atoms with van der Waals surface area (Å²) in [6, 6.07) is 5.49. The van der Waals surface area contributed by atoms with Crippen LogP contribution in [0.2, 0.25) is 5.02 Å². The Morgan fingerprint density at radius 3 is 2.77 bits per heavy atom. The first-order valence-corrected chi connectivity index (χ1v) is 5.51. The summed E-state index contributed by atoms with van der Waals surface area (Å²) in [6.07, 6.45) is 1.34. The third kappa shape index (κ3) is 2.61. The van der Waals surface area contributed by atoms with E-state index in [1.807, 2.05) is 18.4 Å². The van der Waals surface area contributed by atoms with E-state index in [0.29, 0.717) is 5.02 Å². The second-order valence-corrected chi connectivity index (χ2v) is 3.90. The SMILES string of the molecule is CSc1ccc(C(O)CN)cc1Cl. The number of nitrogens with two attached hydrogens (primary N) is 1. The van der Waals surface area contributed by atoms with Gasteiger partial charge in [0.1, 0.15) is 0 Å². The van der Waals surface area contributed by atoms with Crippen LogP contribution in [0.1, 0.15) is 11.7 Å². The van der Waals surface area contributed by atoms with Gasteiger partial charge in [0.2, 0.25) is 0 Å². The van der Waals surface area contributed by atoms with E-state index in [4.69, 9.17) is 17.3 Å². The first-order chi connectivity index (χ1) is 6.19. The standard InChI is InChI=1S/C9H12ClNOS/c1-13-9-3-2-6(4-7(9)10)8(12)5-11/h2-4,8,12H,5,11H2,1H3. The molecule has 0 radical (unpaired) electrons. The van der Waals surface area contributed by atoms with Gasteiger partial charge in [-0.2, -0.15) is 0 Å². The number of hydrogen-bond donors (Lipinski definition) is 2. The lowest BCUT2D eigenvalue weighted by atomic mass is 10.1. The molecule has 1 unspecified atom stereocenters. The van der Waals surface area contributed by atoms with Gasteiger partial charge in [0.05, 0.1) is 11.1 Å². The van der Waals surface area contributed by atoms with Crippen LogP contribution in [0.5, 0.6) is 0 Å². The molecule has 0 aromatic heterocycles. The second kappa shape index (κ2) is 4.86. The maximum Gasteiger partial charge on any atom is 0.0912 e. The Bertz CT molecular complexity index is 293. The zero-order chi connectivity index (χ0) is 9.84. The van der Waals surface area contributed by atoms with Crippen LogP contribution >= 0.6 is 23.4 Å².